The number of anilines is 3. The molecule has 0 radical (unpaired) electrons. The largest absolute Gasteiger partial charge is 0.369 e. The third-order valence-corrected chi connectivity index (χ3v) is 6.13. The molecule has 2 saturated heterocycles. The zero-order valence-corrected chi connectivity index (χ0v) is 18.8. The molecule has 8 nitrogen and oxygen atoms in total. The summed E-state index contributed by atoms with van der Waals surface area (Å²) >= 11 is 0. The van der Waals surface area contributed by atoms with E-state index in [9.17, 15) is 14.4 Å². The lowest BCUT2D eigenvalue weighted by molar-refractivity contribution is -0.136. The van der Waals surface area contributed by atoms with Crippen molar-refractivity contribution in [2.75, 3.05) is 60.9 Å². The van der Waals surface area contributed by atoms with Crippen LogP contribution in [0, 0.1) is 0 Å². The van der Waals surface area contributed by atoms with Crippen LogP contribution >= 0.6 is 0 Å². The molecular weight excluding hydrogens is 418 g/mol. The number of benzene rings is 2. The average Bonchev–Trinajstić information content (AvgIpc) is 3.28. The summed E-state index contributed by atoms with van der Waals surface area (Å²) in [6.07, 6.45) is 2.17. The number of piperazine rings is 1. The maximum Gasteiger partial charge on any atom is 0.313 e. The van der Waals surface area contributed by atoms with Gasteiger partial charge in [0, 0.05) is 62.8 Å². The van der Waals surface area contributed by atoms with Crippen molar-refractivity contribution in [3.8, 4) is 0 Å². The maximum atomic E-state index is 12.3. The predicted octanol–water partition coefficient (Wildman–Crippen LogP) is 2.08. The van der Waals surface area contributed by atoms with Crippen LogP contribution in [0.2, 0.25) is 0 Å². The molecule has 2 heterocycles. The number of para-hydroxylation sites is 1. The van der Waals surface area contributed by atoms with Gasteiger partial charge < -0.3 is 20.4 Å². The Morgan fingerprint density at radius 2 is 1.61 bits per heavy atom. The highest BCUT2D eigenvalue weighted by molar-refractivity contribution is 6.39. The molecule has 3 amide bonds. The normalized spacial score (nSPS) is 16.7. The predicted molar refractivity (Wildman–Crippen MR) is 129 cm³/mol. The van der Waals surface area contributed by atoms with E-state index >= 15 is 0 Å². The number of nitrogens with one attached hydrogen (secondary N) is 2. The van der Waals surface area contributed by atoms with Crippen molar-refractivity contribution in [2.45, 2.75) is 19.3 Å². The van der Waals surface area contributed by atoms with Crippen molar-refractivity contribution < 1.29 is 14.4 Å². The summed E-state index contributed by atoms with van der Waals surface area (Å²) in [5, 5.41) is 5.33. The van der Waals surface area contributed by atoms with Crippen LogP contribution < -0.4 is 20.4 Å². The first kappa shape index (κ1) is 22.8. The van der Waals surface area contributed by atoms with Crippen LogP contribution in [0.15, 0.2) is 54.6 Å². The van der Waals surface area contributed by atoms with Gasteiger partial charge in [-0.15, -0.1) is 0 Å². The minimum absolute atomic E-state index is 0.0812. The Morgan fingerprint density at radius 1 is 0.848 bits per heavy atom. The molecule has 2 aliphatic heterocycles. The monoisotopic (exact) mass is 449 g/mol. The number of carbonyl (C=O) groups is 3. The van der Waals surface area contributed by atoms with E-state index in [2.05, 4.69) is 44.7 Å². The summed E-state index contributed by atoms with van der Waals surface area (Å²) in [5.74, 6) is -1.26. The Bertz CT molecular complexity index is 973. The van der Waals surface area contributed by atoms with Gasteiger partial charge in [0.25, 0.3) is 0 Å². The quantitative estimate of drug-likeness (QED) is 0.500. The molecule has 0 aliphatic carbocycles. The molecule has 2 aliphatic rings. The molecule has 4 rings (SSSR count). The van der Waals surface area contributed by atoms with Gasteiger partial charge in [-0.1, -0.05) is 24.3 Å². The molecule has 33 heavy (non-hydrogen) atoms. The number of nitrogens with zero attached hydrogens (tertiary/aromatic N) is 3. The molecule has 0 bridgehead atoms. The molecule has 8 heteroatoms. The smallest absolute Gasteiger partial charge is 0.313 e. The van der Waals surface area contributed by atoms with E-state index in [1.165, 1.54) is 5.69 Å². The van der Waals surface area contributed by atoms with Crippen LogP contribution in [0.4, 0.5) is 17.1 Å². The van der Waals surface area contributed by atoms with E-state index in [0.717, 1.165) is 51.3 Å². The van der Waals surface area contributed by atoms with Gasteiger partial charge in [-0.25, -0.2) is 0 Å². The first-order chi connectivity index (χ1) is 16.1. The highest BCUT2D eigenvalue weighted by Gasteiger charge is 2.22. The third kappa shape index (κ3) is 6.10. The summed E-state index contributed by atoms with van der Waals surface area (Å²) in [6.45, 7) is 5.96. The first-order valence-electron chi connectivity index (χ1n) is 11.6. The Hall–Kier alpha value is -3.39. The summed E-state index contributed by atoms with van der Waals surface area (Å²) in [7, 11) is 0. The first-order valence-corrected chi connectivity index (χ1v) is 11.6. The Balaban J connectivity index is 1.15. The summed E-state index contributed by atoms with van der Waals surface area (Å²) in [6, 6.07) is 17.5. The SMILES string of the molecule is O=C(NCCCN1CCN(c2ccccc2)CC1)C(=O)Nc1cccc(N2CCCC2=O)c1. The van der Waals surface area contributed by atoms with E-state index in [1.807, 2.05) is 12.1 Å². The van der Waals surface area contributed by atoms with E-state index in [-0.39, 0.29) is 5.91 Å². The van der Waals surface area contributed by atoms with Gasteiger partial charge in [0.05, 0.1) is 0 Å². The summed E-state index contributed by atoms with van der Waals surface area (Å²) in [4.78, 5) is 42.8. The van der Waals surface area contributed by atoms with Gasteiger partial charge in [-0.3, -0.25) is 19.3 Å². The fourth-order valence-electron chi connectivity index (χ4n) is 4.31. The molecule has 0 unspecified atom stereocenters. The number of amides is 3. The minimum atomic E-state index is -0.698. The lowest BCUT2D eigenvalue weighted by atomic mass is 10.2. The topological polar surface area (TPSA) is 85.0 Å². The second-order valence-electron chi connectivity index (χ2n) is 8.43. The molecule has 2 N–H and O–H groups in total. The van der Waals surface area contributed by atoms with Crippen LogP contribution in [-0.2, 0) is 14.4 Å². The van der Waals surface area contributed by atoms with E-state index in [0.29, 0.717) is 25.2 Å². The molecular formula is C25H31N5O3. The number of carbonyl (C=O) groups excluding carboxylic acids is 3. The second-order valence-corrected chi connectivity index (χ2v) is 8.43. The van der Waals surface area contributed by atoms with Crippen molar-refractivity contribution in [3.63, 3.8) is 0 Å². The van der Waals surface area contributed by atoms with E-state index in [4.69, 9.17) is 0 Å². The minimum Gasteiger partial charge on any atom is -0.369 e. The highest BCUT2D eigenvalue weighted by atomic mass is 16.2. The molecule has 0 spiro atoms. The van der Waals surface area contributed by atoms with Gasteiger partial charge in [0.1, 0.15) is 0 Å². The fraction of sp³-hybridized carbons (Fsp3) is 0.400. The van der Waals surface area contributed by atoms with Gasteiger partial charge in [0.2, 0.25) is 5.91 Å². The maximum absolute atomic E-state index is 12.3. The zero-order valence-electron chi connectivity index (χ0n) is 18.8. The molecule has 0 atom stereocenters. The molecule has 0 aromatic heterocycles. The van der Waals surface area contributed by atoms with Crippen molar-refractivity contribution >= 4 is 34.8 Å². The second kappa shape index (κ2) is 11.0. The summed E-state index contributed by atoms with van der Waals surface area (Å²) < 4.78 is 0. The third-order valence-electron chi connectivity index (χ3n) is 6.13. The van der Waals surface area contributed by atoms with Crippen LogP contribution in [0.3, 0.4) is 0 Å². The molecule has 2 aromatic rings. The average molecular weight is 450 g/mol. The zero-order chi connectivity index (χ0) is 23.0. The van der Waals surface area contributed by atoms with E-state index < -0.39 is 11.8 Å². The van der Waals surface area contributed by atoms with Crippen LogP contribution in [0.25, 0.3) is 0 Å². The molecule has 2 aromatic carbocycles. The van der Waals surface area contributed by atoms with Crippen molar-refractivity contribution in [1.29, 1.82) is 0 Å². The lowest BCUT2D eigenvalue weighted by Crippen LogP contribution is -2.47. The van der Waals surface area contributed by atoms with Crippen LogP contribution in [-0.4, -0.2) is 68.4 Å². The molecule has 174 valence electrons. The van der Waals surface area contributed by atoms with Crippen molar-refractivity contribution in [2.24, 2.45) is 0 Å². The van der Waals surface area contributed by atoms with Gasteiger partial charge >= 0.3 is 11.8 Å². The van der Waals surface area contributed by atoms with Gasteiger partial charge in [-0.2, -0.15) is 0 Å². The van der Waals surface area contributed by atoms with Crippen LogP contribution in [0.5, 0.6) is 0 Å². The number of hydrogen-bond donors (Lipinski definition) is 2. The van der Waals surface area contributed by atoms with Crippen LogP contribution in [0.1, 0.15) is 19.3 Å². The van der Waals surface area contributed by atoms with E-state index in [1.54, 1.807) is 23.1 Å². The molecule has 2 fully saturated rings. The molecule has 0 saturated carbocycles. The fourth-order valence-corrected chi connectivity index (χ4v) is 4.31. The lowest BCUT2D eigenvalue weighted by Gasteiger charge is -2.36. The Morgan fingerprint density at radius 3 is 2.33 bits per heavy atom. The number of hydrogen-bond acceptors (Lipinski definition) is 5. The standard InChI is InChI=1S/C25H31N5O3/c31-23-11-5-14-30(23)22-10-4-7-20(19-22)27-25(33)24(32)26-12-6-13-28-15-17-29(18-16-28)21-8-2-1-3-9-21/h1-4,7-10,19H,5-6,11-18H2,(H,26,32)(H,27,33). The number of rotatable bonds is 7. The summed E-state index contributed by atoms with van der Waals surface area (Å²) in [5.41, 5.74) is 2.50. The van der Waals surface area contributed by atoms with Crippen molar-refractivity contribution in [1.82, 2.24) is 10.2 Å². The van der Waals surface area contributed by atoms with Crippen molar-refractivity contribution in [3.05, 3.63) is 54.6 Å². The highest BCUT2D eigenvalue weighted by Crippen LogP contribution is 2.24. The Labute approximate surface area is 194 Å². The Kier molecular flexibility index (Phi) is 7.57. The van der Waals surface area contributed by atoms with Gasteiger partial charge in [-0.05, 0) is 49.7 Å². The van der Waals surface area contributed by atoms with Gasteiger partial charge in [0.15, 0.2) is 0 Å².